The third-order valence-corrected chi connectivity index (χ3v) is 4.26. The summed E-state index contributed by atoms with van der Waals surface area (Å²) in [5, 5.41) is 4.62. The summed E-state index contributed by atoms with van der Waals surface area (Å²) in [5.74, 6) is 1.34. The molecule has 0 aliphatic rings. The third-order valence-electron chi connectivity index (χ3n) is 4.26. The Labute approximate surface area is 148 Å². The molecule has 26 heavy (non-hydrogen) atoms. The van der Waals surface area contributed by atoms with Gasteiger partial charge >= 0.3 is 0 Å². The van der Waals surface area contributed by atoms with E-state index in [2.05, 4.69) is 35.0 Å². The third kappa shape index (κ3) is 2.23. The second-order valence-electron chi connectivity index (χ2n) is 6.06. The number of aryl methyl sites for hydroxylation is 2. The van der Waals surface area contributed by atoms with Crippen molar-refractivity contribution in [2.24, 2.45) is 0 Å². The molecule has 5 rings (SSSR count). The van der Waals surface area contributed by atoms with Crippen molar-refractivity contribution >= 4 is 16.7 Å². The van der Waals surface area contributed by atoms with Gasteiger partial charge in [-0.2, -0.15) is 0 Å². The van der Waals surface area contributed by atoms with E-state index in [1.165, 1.54) is 0 Å². The van der Waals surface area contributed by atoms with Gasteiger partial charge in [-0.3, -0.25) is 9.97 Å². The first-order valence-corrected chi connectivity index (χ1v) is 8.14. The Kier molecular flexibility index (Phi) is 3.05. The summed E-state index contributed by atoms with van der Waals surface area (Å²) in [4.78, 5) is 25.2. The van der Waals surface area contributed by atoms with Crippen LogP contribution in [0.5, 0.6) is 0 Å². The van der Waals surface area contributed by atoms with E-state index in [9.17, 15) is 0 Å². The van der Waals surface area contributed by atoms with Gasteiger partial charge in [-0.15, -0.1) is 5.10 Å². The molecule has 1 aromatic carbocycles. The lowest BCUT2D eigenvalue weighted by Gasteiger charge is -1.97. The van der Waals surface area contributed by atoms with Crippen LogP contribution in [0.25, 0.3) is 39.6 Å². The number of imidazole rings is 1. The molecule has 8 heteroatoms. The first-order valence-electron chi connectivity index (χ1n) is 8.14. The zero-order valence-electron chi connectivity index (χ0n) is 14.2. The van der Waals surface area contributed by atoms with Crippen LogP contribution < -0.4 is 0 Å². The average Bonchev–Trinajstić information content (AvgIpc) is 3.30. The minimum absolute atomic E-state index is 0.654. The molecule has 0 saturated carbocycles. The first kappa shape index (κ1) is 14.6. The fourth-order valence-electron chi connectivity index (χ4n) is 2.91. The van der Waals surface area contributed by atoms with Crippen LogP contribution in [0.1, 0.15) is 11.4 Å². The normalized spacial score (nSPS) is 11.5. The van der Waals surface area contributed by atoms with E-state index in [1.54, 1.807) is 24.8 Å². The molecule has 0 atom stereocenters. The second-order valence-corrected chi connectivity index (χ2v) is 6.06. The summed E-state index contributed by atoms with van der Waals surface area (Å²) in [5.41, 5.74) is 5.92. The Morgan fingerprint density at radius 2 is 1.92 bits per heavy atom. The molecule has 0 amide bonds. The fourth-order valence-corrected chi connectivity index (χ4v) is 2.91. The van der Waals surface area contributed by atoms with Crippen molar-refractivity contribution in [2.75, 3.05) is 0 Å². The molecule has 5 aromatic rings. The van der Waals surface area contributed by atoms with E-state index in [4.69, 9.17) is 0 Å². The highest BCUT2D eigenvalue weighted by molar-refractivity contribution is 5.83. The van der Waals surface area contributed by atoms with Gasteiger partial charge in [-0.25, -0.2) is 19.5 Å². The van der Waals surface area contributed by atoms with Crippen molar-refractivity contribution in [3.05, 3.63) is 54.4 Å². The van der Waals surface area contributed by atoms with Crippen LogP contribution in [-0.2, 0) is 0 Å². The van der Waals surface area contributed by atoms with Gasteiger partial charge in [0.15, 0.2) is 17.3 Å². The van der Waals surface area contributed by atoms with Crippen molar-refractivity contribution in [3.8, 4) is 22.9 Å². The lowest BCUT2D eigenvalue weighted by molar-refractivity contribution is 0.891. The topological polar surface area (TPSA) is 97.5 Å². The predicted molar refractivity (Wildman–Crippen MR) is 96.4 cm³/mol. The van der Waals surface area contributed by atoms with Crippen molar-refractivity contribution in [3.63, 3.8) is 0 Å². The number of hydrogen-bond donors (Lipinski definition) is 1. The highest BCUT2D eigenvalue weighted by atomic mass is 15.3. The summed E-state index contributed by atoms with van der Waals surface area (Å²) < 4.78 is 1.82. The molecular weight excluding hydrogens is 328 g/mol. The zero-order chi connectivity index (χ0) is 17.7. The standard InChI is InChI=1S/C18H14N8/c1-10-8-21-11(2)18-24-16(25-26(10)18)12-3-4-13-14(7-12)23-17(22-13)15-9-19-5-6-20-15/h3-9H,1-2H3,(H,22,23). The highest BCUT2D eigenvalue weighted by Crippen LogP contribution is 2.24. The van der Waals surface area contributed by atoms with E-state index in [0.29, 0.717) is 17.3 Å². The minimum atomic E-state index is 0.654. The molecular formula is C18H14N8. The van der Waals surface area contributed by atoms with E-state index < -0.39 is 0 Å². The zero-order valence-corrected chi connectivity index (χ0v) is 14.2. The Morgan fingerprint density at radius 3 is 2.73 bits per heavy atom. The van der Waals surface area contributed by atoms with Crippen LogP contribution in [-0.4, -0.2) is 39.5 Å². The number of benzene rings is 1. The van der Waals surface area contributed by atoms with Crippen molar-refractivity contribution in [1.29, 1.82) is 0 Å². The molecule has 4 heterocycles. The predicted octanol–water partition coefficient (Wildman–Crippen LogP) is 2.74. The Bertz CT molecular complexity index is 1210. The van der Waals surface area contributed by atoms with Gasteiger partial charge in [0.1, 0.15) is 5.69 Å². The largest absolute Gasteiger partial charge is 0.337 e. The van der Waals surface area contributed by atoms with Crippen LogP contribution in [0, 0.1) is 13.8 Å². The molecule has 8 nitrogen and oxygen atoms in total. The smallest absolute Gasteiger partial charge is 0.182 e. The van der Waals surface area contributed by atoms with Crippen LogP contribution in [0.15, 0.2) is 43.0 Å². The van der Waals surface area contributed by atoms with Crippen LogP contribution in [0.2, 0.25) is 0 Å². The van der Waals surface area contributed by atoms with E-state index >= 15 is 0 Å². The number of H-pyrrole nitrogens is 1. The maximum absolute atomic E-state index is 4.65. The Balaban J connectivity index is 1.64. The molecule has 0 fully saturated rings. The van der Waals surface area contributed by atoms with Gasteiger partial charge in [0.05, 0.1) is 28.6 Å². The van der Waals surface area contributed by atoms with Crippen molar-refractivity contribution < 1.29 is 0 Å². The molecule has 0 aliphatic carbocycles. The van der Waals surface area contributed by atoms with Gasteiger partial charge in [0.25, 0.3) is 0 Å². The lowest BCUT2D eigenvalue weighted by Crippen LogP contribution is -1.97. The molecule has 0 aliphatic heterocycles. The quantitative estimate of drug-likeness (QED) is 0.530. The van der Waals surface area contributed by atoms with Gasteiger partial charge in [-0.1, -0.05) is 0 Å². The molecule has 0 bridgehead atoms. The van der Waals surface area contributed by atoms with Gasteiger partial charge < -0.3 is 4.98 Å². The summed E-state index contributed by atoms with van der Waals surface area (Å²) in [6.45, 7) is 3.89. The van der Waals surface area contributed by atoms with E-state index in [-0.39, 0.29) is 0 Å². The van der Waals surface area contributed by atoms with Crippen LogP contribution in [0.4, 0.5) is 0 Å². The van der Waals surface area contributed by atoms with Gasteiger partial charge in [-0.05, 0) is 32.0 Å². The number of rotatable bonds is 2. The summed E-state index contributed by atoms with van der Waals surface area (Å²) in [6.07, 6.45) is 6.76. The van der Waals surface area contributed by atoms with Gasteiger partial charge in [0.2, 0.25) is 0 Å². The number of aromatic amines is 1. The molecule has 0 radical (unpaired) electrons. The van der Waals surface area contributed by atoms with Crippen LogP contribution >= 0.6 is 0 Å². The second kappa shape index (κ2) is 5.41. The number of aromatic nitrogens is 8. The number of nitrogens with one attached hydrogen (secondary N) is 1. The highest BCUT2D eigenvalue weighted by Gasteiger charge is 2.13. The van der Waals surface area contributed by atoms with Crippen molar-refractivity contribution in [2.45, 2.75) is 13.8 Å². The molecule has 4 aromatic heterocycles. The molecule has 0 saturated heterocycles. The van der Waals surface area contributed by atoms with E-state index in [0.717, 1.165) is 33.6 Å². The van der Waals surface area contributed by atoms with Crippen molar-refractivity contribution in [1.82, 2.24) is 39.5 Å². The SMILES string of the molecule is Cc1ncc(C)n2nc(-c3ccc4nc(-c5cnccn5)[nH]c4c3)nc12. The maximum Gasteiger partial charge on any atom is 0.182 e. The minimum Gasteiger partial charge on any atom is -0.337 e. The molecule has 1 N–H and O–H groups in total. The summed E-state index contributed by atoms with van der Waals surface area (Å²) >= 11 is 0. The summed E-state index contributed by atoms with van der Waals surface area (Å²) in [6, 6.07) is 5.91. The molecule has 0 spiro atoms. The Hall–Kier alpha value is -3.68. The molecule has 0 unspecified atom stereocenters. The number of nitrogens with zero attached hydrogens (tertiary/aromatic N) is 7. The lowest BCUT2D eigenvalue weighted by atomic mass is 10.2. The Morgan fingerprint density at radius 1 is 1.00 bits per heavy atom. The molecule has 126 valence electrons. The van der Waals surface area contributed by atoms with Crippen LogP contribution in [0.3, 0.4) is 0 Å². The van der Waals surface area contributed by atoms with Gasteiger partial charge in [0, 0.05) is 24.2 Å². The monoisotopic (exact) mass is 342 g/mol. The number of hydrogen-bond acceptors (Lipinski definition) is 6. The number of fused-ring (bicyclic) bond motifs is 2. The maximum atomic E-state index is 4.65. The fraction of sp³-hybridized carbons (Fsp3) is 0.111. The van der Waals surface area contributed by atoms with E-state index in [1.807, 2.05) is 36.6 Å². The first-order chi connectivity index (χ1) is 12.7. The summed E-state index contributed by atoms with van der Waals surface area (Å²) in [7, 11) is 0. The average molecular weight is 342 g/mol.